The van der Waals surface area contributed by atoms with E-state index in [2.05, 4.69) is 36.9 Å². The van der Waals surface area contributed by atoms with Gasteiger partial charge in [-0.3, -0.25) is 4.79 Å². The Labute approximate surface area is 155 Å². The summed E-state index contributed by atoms with van der Waals surface area (Å²) in [4.78, 5) is 16.7. The van der Waals surface area contributed by atoms with Crippen LogP contribution in [-0.2, 0) is 4.79 Å². The minimum atomic E-state index is 0.0708. The number of aryl methyl sites for hydroxylation is 1. The Bertz CT molecular complexity index is 788. The van der Waals surface area contributed by atoms with Crippen molar-refractivity contribution in [3.05, 3.63) is 65.2 Å². The zero-order chi connectivity index (χ0) is 18.5. The first-order valence-electron chi connectivity index (χ1n) is 9.00. The summed E-state index contributed by atoms with van der Waals surface area (Å²) in [6, 6.07) is 14.1. The largest absolute Gasteiger partial charge is 0.497 e. The van der Waals surface area contributed by atoms with Crippen LogP contribution in [0.25, 0.3) is 6.08 Å². The van der Waals surface area contributed by atoms with E-state index in [4.69, 9.17) is 4.74 Å². The number of carbonyl (C=O) groups excluding carboxylic acids is 1. The van der Waals surface area contributed by atoms with Gasteiger partial charge in [0.25, 0.3) is 0 Å². The SMILES string of the molecule is COc1ccc(C=CC(=O)N2CCN(c3cccc(C)c3C)CC2)cc1. The molecule has 136 valence electrons. The number of methoxy groups -OCH3 is 1. The molecular weight excluding hydrogens is 324 g/mol. The van der Waals surface area contributed by atoms with E-state index in [-0.39, 0.29) is 5.91 Å². The Morgan fingerprint density at radius 3 is 2.35 bits per heavy atom. The van der Waals surface area contributed by atoms with Crippen LogP contribution in [0.15, 0.2) is 48.5 Å². The number of piperazine rings is 1. The molecule has 0 radical (unpaired) electrons. The highest BCUT2D eigenvalue weighted by Crippen LogP contribution is 2.24. The van der Waals surface area contributed by atoms with Crippen LogP contribution in [0.3, 0.4) is 0 Å². The maximum atomic E-state index is 12.5. The molecule has 0 spiro atoms. The van der Waals surface area contributed by atoms with Gasteiger partial charge in [-0.05, 0) is 54.8 Å². The van der Waals surface area contributed by atoms with Gasteiger partial charge in [-0.2, -0.15) is 0 Å². The quantitative estimate of drug-likeness (QED) is 0.789. The van der Waals surface area contributed by atoms with Gasteiger partial charge in [0.1, 0.15) is 5.75 Å². The van der Waals surface area contributed by atoms with Gasteiger partial charge in [0, 0.05) is 37.9 Å². The number of carbonyl (C=O) groups is 1. The van der Waals surface area contributed by atoms with Crippen molar-refractivity contribution in [1.29, 1.82) is 0 Å². The van der Waals surface area contributed by atoms with Crippen molar-refractivity contribution in [3.63, 3.8) is 0 Å². The number of amides is 1. The van der Waals surface area contributed by atoms with Crippen LogP contribution in [0.5, 0.6) is 5.75 Å². The highest BCUT2D eigenvalue weighted by molar-refractivity contribution is 5.92. The van der Waals surface area contributed by atoms with Gasteiger partial charge in [-0.25, -0.2) is 0 Å². The number of benzene rings is 2. The minimum Gasteiger partial charge on any atom is -0.497 e. The van der Waals surface area contributed by atoms with Crippen LogP contribution in [0, 0.1) is 13.8 Å². The lowest BCUT2D eigenvalue weighted by molar-refractivity contribution is -0.126. The maximum Gasteiger partial charge on any atom is 0.246 e. The van der Waals surface area contributed by atoms with Crippen molar-refractivity contribution in [3.8, 4) is 5.75 Å². The van der Waals surface area contributed by atoms with Crippen molar-refractivity contribution in [1.82, 2.24) is 4.90 Å². The lowest BCUT2D eigenvalue weighted by Crippen LogP contribution is -2.48. The van der Waals surface area contributed by atoms with Crippen LogP contribution in [0.4, 0.5) is 5.69 Å². The Morgan fingerprint density at radius 2 is 1.69 bits per heavy atom. The second-order valence-electron chi connectivity index (χ2n) is 6.64. The standard InChI is InChI=1S/C22H26N2O2/c1-17-5-4-6-21(18(17)2)23-13-15-24(16-14-23)22(25)12-9-19-7-10-20(26-3)11-8-19/h4-12H,13-16H2,1-3H3. The van der Waals surface area contributed by atoms with Crippen LogP contribution in [-0.4, -0.2) is 44.1 Å². The lowest BCUT2D eigenvalue weighted by atomic mass is 10.1. The molecule has 1 amide bonds. The molecule has 1 fully saturated rings. The summed E-state index contributed by atoms with van der Waals surface area (Å²) in [6.07, 6.45) is 3.52. The molecule has 0 N–H and O–H groups in total. The van der Waals surface area contributed by atoms with Gasteiger partial charge in [-0.15, -0.1) is 0 Å². The van der Waals surface area contributed by atoms with E-state index in [1.54, 1.807) is 13.2 Å². The first-order valence-corrected chi connectivity index (χ1v) is 9.00. The molecule has 1 aliphatic heterocycles. The van der Waals surface area contributed by atoms with Crippen LogP contribution in [0.2, 0.25) is 0 Å². The molecule has 0 unspecified atom stereocenters. The summed E-state index contributed by atoms with van der Waals surface area (Å²) < 4.78 is 5.15. The van der Waals surface area contributed by atoms with Crippen LogP contribution < -0.4 is 9.64 Å². The Kier molecular flexibility index (Phi) is 5.61. The zero-order valence-electron chi connectivity index (χ0n) is 15.7. The van der Waals surface area contributed by atoms with Crippen molar-refractivity contribution < 1.29 is 9.53 Å². The van der Waals surface area contributed by atoms with E-state index in [1.165, 1.54) is 16.8 Å². The maximum absolute atomic E-state index is 12.5. The highest BCUT2D eigenvalue weighted by Gasteiger charge is 2.20. The number of rotatable bonds is 4. The average Bonchev–Trinajstić information content (AvgIpc) is 2.69. The fourth-order valence-electron chi connectivity index (χ4n) is 3.23. The van der Waals surface area contributed by atoms with E-state index < -0.39 is 0 Å². The van der Waals surface area contributed by atoms with Crippen molar-refractivity contribution in [2.45, 2.75) is 13.8 Å². The molecule has 26 heavy (non-hydrogen) atoms. The third-order valence-electron chi connectivity index (χ3n) is 5.04. The van der Waals surface area contributed by atoms with Gasteiger partial charge in [0.15, 0.2) is 0 Å². The molecule has 1 saturated heterocycles. The van der Waals surface area contributed by atoms with E-state index in [0.29, 0.717) is 0 Å². The molecule has 0 aliphatic carbocycles. The molecule has 2 aromatic rings. The summed E-state index contributed by atoms with van der Waals surface area (Å²) in [5.74, 6) is 0.887. The number of hydrogen-bond acceptors (Lipinski definition) is 3. The Hall–Kier alpha value is -2.75. The molecular formula is C22H26N2O2. The van der Waals surface area contributed by atoms with Gasteiger partial charge in [-0.1, -0.05) is 24.3 Å². The minimum absolute atomic E-state index is 0.0708. The molecule has 4 heteroatoms. The average molecular weight is 350 g/mol. The number of ether oxygens (including phenoxy) is 1. The summed E-state index contributed by atoms with van der Waals surface area (Å²) in [5.41, 5.74) is 4.91. The summed E-state index contributed by atoms with van der Waals surface area (Å²) >= 11 is 0. The van der Waals surface area contributed by atoms with Gasteiger partial charge in [0.05, 0.1) is 7.11 Å². The van der Waals surface area contributed by atoms with E-state index in [0.717, 1.165) is 37.5 Å². The molecule has 0 bridgehead atoms. The van der Waals surface area contributed by atoms with E-state index in [1.807, 2.05) is 35.2 Å². The molecule has 1 aliphatic rings. The first kappa shape index (κ1) is 18.1. The fourth-order valence-corrected chi connectivity index (χ4v) is 3.23. The topological polar surface area (TPSA) is 32.8 Å². The van der Waals surface area contributed by atoms with Crippen LogP contribution in [0.1, 0.15) is 16.7 Å². The van der Waals surface area contributed by atoms with Gasteiger partial charge >= 0.3 is 0 Å². The normalized spacial score (nSPS) is 14.7. The number of hydrogen-bond donors (Lipinski definition) is 0. The number of nitrogens with zero attached hydrogens (tertiary/aromatic N) is 2. The van der Waals surface area contributed by atoms with Crippen molar-refractivity contribution >= 4 is 17.7 Å². The molecule has 2 aromatic carbocycles. The third-order valence-corrected chi connectivity index (χ3v) is 5.04. The molecule has 0 saturated carbocycles. The van der Waals surface area contributed by atoms with Crippen molar-refractivity contribution in [2.75, 3.05) is 38.2 Å². The molecule has 1 heterocycles. The van der Waals surface area contributed by atoms with E-state index >= 15 is 0 Å². The van der Waals surface area contributed by atoms with Crippen LogP contribution >= 0.6 is 0 Å². The van der Waals surface area contributed by atoms with Crippen molar-refractivity contribution in [2.24, 2.45) is 0 Å². The fraction of sp³-hybridized carbons (Fsp3) is 0.318. The van der Waals surface area contributed by atoms with E-state index in [9.17, 15) is 4.79 Å². The molecule has 3 rings (SSSR count). The second-order valence-corrected chi connectivity index (χ2v) is 6.64. The Balaban J connectivity index is 1.57. The lowest BCUT2D eigenvalue weighted by Gasteiger charge is -2.36. The highest BCUT2D eigenvalue weighted by atomic mass is 16.5. The molecule has 0 atom stereocenters. The third kappa shape index (κ3) is 4.07. The summed E-state index contributed by atoms with van der Waals surface area (Å²) in [5, 5.41) is 0. The number of anilines is 1. The van der Waals surface area contributed by atoms with Gasteiger partial charge < -0.3 is 14.5 Å². The molecule has 4 nitrogen and oxygen atoms in total. The Morgan fingerprint density at radius 1 is 1.00 bits per heavy atom. The first-order chi connectivity index (χ1) is 12.6. The monoisotopic (exact) mass is 350 g/mol. The summed E-state index contributed by atoms with van der Waals surface area (Å²) in [6.45, 7) is 7.54. The summed E-state index contributed by atoms with van der Waals surface area (Å²) in [7, 11) is 1.65. The predicted octanol–water partition coefficient (Wildman–Crippen LogP) is 3.67. The smallest absolute Gasteiger partial charge is 0.246 e. The van der Waals surface area contributed by atoms with Gasteiger partial charge in [0.2, 0.25) is 5.91 Å². The zero-order valence-corrected chi connectivity index (χ0v) is 15.7. The second kappa shape index (κ2) is 8.09. The molecule has 0 aromatic heterocycles. The predicted molar refractivity (Wildman–Crippen MR) is 107 cm³/mol.